The van der Waals surface area contributed by atoms with Crippen molar-refractivity contribution in [3.05, 3.63) is 61.6 Å². The van der Waals surface area contributed by atoms with Crippen LogP contribution in [0.25, 0.3) is 0 Å². The first-order valence-corrected chi connectivity index (χ1v) is 8.35. The Morgan fingerprint density at radius 1 is 1.25 bits per heavy atom. The molecule has 4 heteroatoms. The first-order chi connectivity index (χ1) is 9.65. The quantitative estimate of drug-likeness (QED) is 0.670. The van der Waals surface area contributed by atoms with E-state index in [0.29, 0.717) is 0 Å². The fourth-order valence-corrected chi connectivity index (χ4v) is 3.17. The first-order valence-electron chi connectivity index (χ1n) is 6.48. The van der Waals surface area contributed by atoms with E-state index in [-0.39, 0.29) is 6.04 Å². The predicted molar refractivity (Wildman–Crippen MR) is 95.4 cm³/mol. The molecule has 2 aromatic carbocycles. The molecule has 0 spiro atoms. The number of halogens is 2. The lowest BCUT2D eigenvalue weighted by Gasteiger charge is -2.22. The minimum absolute atomic E-state index is 0.127. The molecule has 0 fully saturated rings. The molecule has 0 heterocycles. The second-order valence-electron chi connectivity index (χ2n) is 4.43. The third kappa shape index (κ3) is 3.74. The molecule has 2 rings (SSSR count). The van der Waals surface area contributed by atoms with Gasteiger partial charge in [-0.05, 0) is 65.0 Å². The van der Waals surface area contributed by atoms with Crippen LogP contribution in [0, 0.1) is 3.57 Å². The van der Waals surface area contributed by atoms with E-state index in [9.17, 15) is 0 Å². The van der Waals surface area contributed by atoms with E-state index in [2.05, 4.69) is 81.1 Å². The molecule has 2 aromatic rings. The Morgan fingerprint density at radius 3 is 2.70 bits per heavy atom. The van der Waals surface area contributed by atoms with Crippen molar-refractivity contribution < 1.29 is 4.74 Å². The number of rotatable bonds is 5. The summed E-state index contributed by atoms with van der Waals surface area (Å²) in [6.07, 6.45) is 0. The van der Waals surface area contributed by atoms with Gasteiger partial charge in [-0.2, -0.15) is 0 Å². The molecule has 106 valence electrons. The lowest BCUT2D eigenvalue weighted by Crippen LogP contribution is -2.22. The molecule has 1 unspecified atom stereocenters. The van der Waals surface area contributed by atoms with Gasteiger partial charge in [-0.1, -0.05) is 35.0 Å². The van der Waals surface area contributed by atoms with Crippen molar-refractivity contribution in [3.8, 4) is 5.75 Å². The Labute approximate surface area is 142 Å². The van der Waals surface area contributed by atoms with Gasteiger partial charge in [0.1, 0.15) is 5.75 Å². The van der Waals surface area contributed by atoms with Gasteiger partial charge in [-0.25, -0.2) is 0 Å². The number of methoxy groups -OCH3 is 1. The molecule has 0 saturated heterocycles. The smallest absolute Gasteiger partial charge is 0.124 e. The number of benzene rings is 2. The zero-order valence-corrected chi connectivity index (χ0v) is 15.2. The standard InChI is InChI=1S/C16H17BrINO/c1-3-19-16(11-5-4-6-13(18)9-11)14-10-12(17)7-8-15(14)20-2/h4-10,16,19H,3H2,1-2H3. The Bertz CT molecular complexity index is 588. The molecule has 0 aliphatic rings. The van der Waals surface area contributed by atoms with E-state index in [1.807, 2.05) is 12.1 Å². The van der Waals surface area contributed by atoms with Gasteiger partial charge < -0.3 is 10.1 Å². The minimum Gasteiger partial charge on any atom is -0.496 e. The monoisotopic (exact) mass is 445 g/mol. The van der Waals surface area contributed by atoms with Gasteiger partial charge in [0.2, 0.25) is 0 Å². The molecular weight excluding hydrogens is 429 g/mol. The molecule has 0 bridgehead atoms. The third-order valence-electron chi connectivity index (χ3n) is 3.09. The van der Waals surface area contributed by atoms with Gasteiger partial charge in [0.25, 0.3) is 0 Å². The van der Waals surface area contributed by atoms with Crippen molar-refractivity contribution in [2.24, 2.45) is 0 Å². The predicted octanol–water partition coefficient (Wildman–Crippen LogP) is 4.76. The van der Waals surface area contributed by atoms with Crippen molar-refractivity contribution in [1.29, 1.82) is 0 Å². The van der Waals surface area contributed by atoms with Crippen LogP contribution in [-0.2, 0) is 0 Å². The van der Waals surface area contributed by atoms with Crippen LogP contribution in [0.4, 0.5) is 0 Å². The van der Waals surface area contributed by atoms with Crippen LogP contribution in [0.3, 0.4) is 0 Å². The van der Waals surface area contributed by atoms with Crippen LogP contribution >= 0.6 is 38.5 Å². The maximum atomic E-state index is 5.52. The second-order valence-corrected chi connectivity index (χ2v) is 6.59. The highest BCUT2D eigenvalue weighted by molar-refractivity contribution is 14.1. The largest absolute Gasteiger partial charge is 0.496 e. The van der Waals surface area contributed by atoms with Crippen LogP contribution in [-0.4, -0.2) is 13.7 Å². The Kier molecular flexibility index (Phi) is 5.86. The van der Waals surface area contributed by atoms with Crippen LogP contribution in [0.1, 0.15) is 24.1 Å². The van der Waals surface area contributed by atoms with Crippen LogP contribution in [0.15, 0.2) is 46.9 Å². The first kappa shape index (κ1) is 15.8. The van der Waals surface area contributed by atoms with Crippen molar-refractivity contribution in [2.75, 3.05) is 13.7 Å². The van der Waals surface area contributed by atoms with Gasteiger partial charge in [-0.15, -0.1) is 0 Å². The topological polar surface area (TPSA) is 21.3 Å². The average molecular weight is 446 g/mol. The van der Waals surface area contributed by atoms with E-state index < -0.39 is 0 Å². The van der Waals surface area contributed by atoms with E-state index in [4.69, 9.17) is 4.74 Å². The summed E-state index contributed by atoms with van der Waals surface area (Å²) in [4.78, 5) is 0. The van der Waals surface area contributed by atoms with Crippen LogP contribution in [0.2, 0.25) is 0 Å². The van der Waals surface area contributed by atoms with Crippen LogP contribution in [0.5, 0.6) is 5.75 Å². The third-order valence-corrected chi connectivity index (χ3v) is 4.26. The molecule has 0 aromatic heterocycles. The van der Waals surface area contributed by atoms with Crippen molar-refractivity contribution >= 4 is 38.5 Å². The second kappa shape index (κ2) is 7.43. The molecule has 1 N–H and O–H groups in total. The summed E-state index contributed by atoms with van der Waals surface area (Å²) in [6, 6.07) is 14.8. The lowest BCUT2D eigenvalue weighted by atomic mass is 9.98. The maximum absolute atomic E-state index is 5.52. The van der Waals surface area contributed by atoms with Gasteiger partial charge in [0, 0.05) is 13.6 Å². The fourth-order valence-electron chi connectivity index (χ4n) is 2.23. The van der Waals surface area contributed by atoms with Crippen molar-refractivity contribution in [3.63, 3.8) is 0 Å². The maximum Gasteiger partial charge on any atom is 0.124 e. The SMILES string of the molecule is CCNC(c1cccc(I)c1)c1cc(Br)ccc1OC. The molecular formula is C16H17BrINO. The molecule has 0 radical (unpaired) electrons. The molecule has 0 amide bonds. The Morgan fingerprint density at radius 2 is 2.05 bits per heavy atom. The number of ether oxygens (including phenoxy) is 1. The number of nitrogens with one attached hydrogen (secondary N) is 1. The lowest BCUT2D eigenvalue weighted by molar-refractivity contribution is 0.404. The Balaban J connectivity index is 2.50. The number of hydrogen-bond acceptors (Lipinski definition) is 2. The summed E-state index contributed by atoms with van der Waals surface area (Å²) in [6.45, 7) is 3.01. The van der Waals surface area contributed by atoms with Crippen LogP contribution < -0.4 is 10.1 Å². The molecule has 1 atom stereocenters. The molecule has 0 aliphatic carbocycles. The van der Waals surface area contributed by atoms with E-state index in [0.717, 1.165) is 22.3 Å². The normalized spacial score (nSPS) is 12.2. The zero-order valence-electron chi connectivity index (χ0n) is 11.5. The molecule has 2 nitrogen and oxygen atoms in total. The van der Waals surface area contributed by atoms with Gasteiger partial charge in [0.15, 0.2) is 0 Å². The van der Waals surface area contributed by atoms with E-state index in [1.165, 1.54) is 9.13 Å². The molecule has 20 heavy (non-hydrogen) atoms. The molecule has 0 saturated carbocycles. The summed E-state index contributed by atoms with van der Waals surface area (Å²) in [5.41, 5.74) is 2.39. The Hall–Kier alpha value is -0.590. The highest BCUT2D eigenvalue weighted by Crippen LogP contribution is 2.32. The summed E-state index contributed by atoms with van der Waals surface area (Å²) in [5, 5.41) is 3.54. The highest BCUT2D eigenvalue weighted by Gasteiger charge is 2.18. The summed E-state index contributed by atoms with van der Waals surface area (Å²) >= 11 is 5.89. The summed E-state index contributed by atoms with van der Waals surface area (Å²) < 4.78 is 7.81. The van der Waals surface area contributed by atoms with Crippen molar-refractivity contribution in [1.82, 2.24) is 5.32 Å². The van der Waals surface area contributed by atoms with E-state index >= 15 is 0 Å². The minimum atomic E-state index is 0.127. The molecule has 0 aliphatic heterocycles. The van der Waals surface area contributed by atoms with Gasteiger partial charge >= 0.3 is 0 Å². The van der Waals surface area contributed by atoms with E-state index in [1.54, 1.807) is 7.11 Å². The zero-order chi connectivity index (χ0) is 14.5. The summed E-state index contributed by atoms with van der Waals surface area (Å²) in [7, 11) is 1.71. The summed E-state index contributed by atoms with van der Waals surface area (Å²) in [5.74, 6) is 0.901. The van der Waals surface area contributed by atoms with Gasteiger partial charge in [0.05, 0.1) is 13.2 Å². The fraction of sp³-hybridized carbons (Fsp3) is 0.250. The number of hydrogen-bond donors (Lipinski definition) is 1. The highest BCUT2D eigenvalue weighted by atomic mass is 127. The van der Waals surface area contributed by atoms with Gasteiger partial charge in [-0.3, -0.25) is 0 Å². The average Bonchev–Trinajstić information content (AvgIpc) is 2.44. The van der Waals surface area contributed by atoms with Crippen molar-refractivity contribution in [2.45, 2.75) is 13.0 Å².